The van der Waals surface area contributed by atoms with Gasteiger partial charge in [0.2, 0.25) is 10.0 Å². The summed E-state index contributed by atoms with van der Waals surface area (Å²) in [7, 11) is -3.52. The van der Waals surface area contributed by atoms with E-state index < -0.39 is 10.0 Å². The number of hydrogen-bond donors (Lipinski definition) is 1. The number of thiazole rings is 1. The highest BCUT2D eigenvalue weighted by molar-refractivity contribution is 8.01. The maximum atomic E-state index is 12.9. The van der Waals surface area contributed by atoms with Crippen LogP contribution in [0.3, 0.4) is 0 Å². The van der Waals surface area contributed by atoms with Gasteiger partial charge in [0.15, 0.2) is 5.13 Å². The summed E-state index contributed by atoms with van der Waals surface area (Å²) in [5.74, 6) is 0.594. The van der Waals surface area contributed by atoms with Gasteiger partial charge in [0.05, 0.1) is 14.8 Å². The maximum absolute atomic E-state index is 12.9. The van der Waals surface area contributed by atoms with Gasteiger partial charge >= 0.3 is 0 Å². The quantitative estimate of drug-likeness (QED) is 0.393. The molecule has 1 amide bonds. The number of rotatable bonds is 7. The van der Waals surface area contributed by atoms with Gasteiger partial charge in [0.25, 0.3) is 5.91 Å². The van der Waals surface area contributed by atoms with Crippen LogP contribution in [0.4, 0.5) is 5.13 Å². The van der Waals surface area contributed by atoms with Crippen molar-refractivity contribution >= 4 is 44.2 Å². The molecular weight excluding hydrogens is 486 g/mol. The minimum Gasteiger partial charge on any atom is -0.298 e. The molecule has 180 valence electrons. The van der Waals surface area contributed by atoms with Crippen LogP contribution in [-0.2, 0) is 10.0 Å². The van der Waals surface area contributed by atoms with Gasteiger partial charge in [-0.05, 0) is 68.3 Å². The van der Waals surface area contributed by atoms with Crippen molar-refractivity contribution < 1.29 is 13.2 Å². The molecule has 1 N–H and O–H groups in total. The molecule has 0 aliphatic carbocycles. The Morgan fingerprint density at radius 2 is 1.79 bits per heavy atom. The maximum Gasteiger partial charge on any atom is 0.257 e. The molecule has 1 aliphatic heterocycles. The number of amides is 1. The van der Waals surface area contributed by atoms with Crippen LogP contribution in [0.2, 0.25) is 0 Å². The minimum absolute atomic E-state index is 0.221. The van der Waals surface area contributed by atoms with Gasteiger partial charge in [-0.15, -0.1) is 11.8 Å². The molecule has 0 bridgehead atoms. The normalized spacial score (nSPS) is 14.8. The fraction of sp³-hybridized carbons (Fsp3) is 0.360. The molecule has 0 saturated carbocycles. The molecule has 1 fully saturated rings. The zero-order chi connectivity index (χ0) is 24.3. The van der Waals surface area contributed by atoms with Crippen LogP contribution in [0.1, 0.15) is 47.7 Å². The predicted molar refractivity (Wildman–Crippen MR) is 140 cm³/mol. The number of aromatic nitrogens is 1. The average molecular weight is 516 g/mol. The number of aryl methyl sites for hydroxylation is 2. The van der Waals surface area contributed by atoms with Crippen molar-refractivity contribution in [2.45, 2.75) is 49.1 Å². The zero-order valence-electron chi connectivity index (χ0n) is 19.6. The average Bonchev–Trinajstić information content (AvgIpc) is 3.23. The second-order valence-corrected chi connectivity index (χ2v) is 12.8. The van der Waals surface area contributed by atoms with Gasteiger partial charge in [-0.25, -0.2) is 13.4 Å². The van der Waals surface area contributed by atoms with Gasteiger partial charge < -0.3 is 0 Å². The van der Waals surface area contributed by atoms with Crippen LogP contribution in [0, 0.1) is 13.8 Å². The number of piperidine rings is 1. The van der Waals surface area contributed by atoms with Crippen LogP contribution in [-0.4, -0.2) is 42.5 Å². The number of nitrogens with one attached hydrogen (secondary N) is 1. The second-order valence-electron chi connectivity index (χ2n) is 8.35. The molecule has 0 atom stereocenters. The van der Waals surface area contributed by atoms with E-state index in [1.54, 1.807) is 23.9 Å². The summed E-state index contributed by atoms with van der Waals surface area (Å²) >= 11 is 3.17. The molecule has 2 heterocycles. The highest BCUT2D eigenvalue weighted by Crippen LogP contribution is 2.40. The van der Waals surface area contributed by atoms with Gasteiger partial charge in [-0.2, -0.15) is 4.31 Å². The van der Waals surface area contributed by atoms with Crippen molar-refractivity contribution in [3.63, 3.8) is 0 Å². The van der Waals surface area contributed by atoms with E-state index in [1.165, 1.54) is 27.8 Å². The monoisotopic (exact) mass is 515 g/mol. The Morgan fingerprint density at radius 1 is 1.09 bits per heavy atom. The van der Waals surface area contributed by atoms with E-state index in [2.05, 4.69) is 44.3 Å². The topological polar surface area (TPSA) is 79.4 Å². The molecule has 3 aromatic rings. The number of anilines is 1. The summed E-state index contributed by atoms with van der Waals surface area (Å²) in [6.07, 6.45) is 2.83. The van der Waals surface area contributed by atoms with Crippen LogP contribution in [0.15, 0.2) is 51.6 Å². The second kappa shape index (κ2) is 10.6. The Hall–Kier alpha value is -2.20. The molecule has 9 heteroatoms. The number of carbonyl (C=O) groups is 1. The summed E-state index contributed by atoms with van der Waals surface area (Å²) in [5, 5.41) is 3.43. The largest absolute Gasteiger partial charge is 0.298 e. The standard InChI is InChI=1S/C25H29N3O3S3/c1-4-32-24-22(21-16-17(2)8-9-18(21)3)26-25(33-24)27-23(29)19-10-12-20(13-11-19)34(30,31)28-14-6-5-7-15-28/h8-13,16H,4-7,14-15H2,1-3H3,(H,26,27,29). The summed E-state index contributed by atoms with van der Waals surface area (Å²) in [6, 6.07) is 12.4. The van der Waals surface area contributed by atoms with E-state index in [0.717, 1.165) is 51.6 Å². The number of carbonyl (C=O) groups excluding carboxylic acids is 1. The summed E-state index contributed by atoms with van der Waals surface area (Å²) in [5.41, 5.74) is 4.64. The predicted octanol–water partition coefficient (Wildman–Crippen LogP) is 5.97. The molecule has 4 rings (SSSR count). The third kappa shape index (κ3) is 5.38. The Kier molecular flexibility index (Phi) is 7.77. The molecule has 0 radical (unpaired) electrons. The summed E-state index contributed by atoms with van der Waals surface area (Å²) < 4.78 is 28.3. The summed E-state index contributed by atoms with van der Waals surface area (Å²) in [6.45, 7) is 7.31. The third-order valence-electron chi connectivity index (χ3n) is 5.81. The van der Waals surface area contributed by atoms with Crippen molar-refractivity contribution in [1.29, 1.82) is 0 Å². The van der Waals surface area contributed by atoms with Gasteiger partial charge in [0.1, 0.15) is 0 Å². The fourth-order valence-electron chi connectivity index (χ4n) is 3.95. The Morgan fingerprint density at radius 3 is 2.47 bits per heavy atom. The molecule has 0 spiro atoms. The van der Waals surface area contributed by atoms with E-state index in [-0.39, 0.29) is 10.8 Å². The van der Waals surface area contributed by atoms with Crippen molar-refractivity contribution in [2.24, 2.45) is 0 Å². The van der Waals surface area contributed by atoms with E-state index in [9.17, 15) is 13.2 Å². The molecular formula is C25H29N3O3S3. The van der Waals surface area contributed by atoms with E-state index in [1.807, 2.05) is 0 Å². The van der Waals surface area contributed by atoms with Crippen molar-refractivity contribution in [3.05, 3.63) is 59.2 Å². The minimum atomic E-state index is -3.52. The molecule has 1 aliphatic rings. The lowest BCUT2D eigenvalue weighted by Crippen LogP contribution is -2.35. The molecule has 2 aromatic carbocycles. The van der Waals surface area contributed by atoms with Gasteiger partial charge in [-0.3, -0.25) is 10.1 Å². The number of hydrogen-bond acceptors (Lipinski definition) is 6. The van der Waals surface area contributed by atoms with Crippen LogP contribution >= 0.6 is 23.1 Å². The lowest BCUT2D eigenvalue weighted by atomic mass is 10.0. The Bertz CT molecular complexity index is 1280. The molecule has 34 heavy (non-hydrogen) atoms. The van der Waals surface area contributed by atoms with Gasteiger partial charge in [0, 0.05) is 24.2 Å². The first kappa shape index (κ1) is 24.9. The van der Waals surface area contributed by atoms with Crippen LogP contribution in [0.25, 0.3) is 11.3 Å². The molecule has 0 unspecified atom stereocenters. The van der Waals surface area contributed by atoms with Crippen molar-refractivity contribution in [3.8, 4) is 11.3 Å². The van der Waals surface area contributed by atoms with E-state index in [0.29, 0.717) is 23.8 Å². The van der Waals surface area contributed by atoms with Crippen LogP contribution in [0.5, 0.6) is 0 Å². The summed E-state index contributed by atoms with van der Waals surface area (Å²) in [4.78, 5) is 17.9. The zero-order valence-corrected chi connectivity index (χ0v) is 22.1. The first-order valence-corrected chi connectivity index (χ1v) is 14.7. The Balaban J connectivity index is 1.54. The van der Waals surface area contributed by atoms with Crippen molar-refractivity contribution in [2.75, 3.05) is 24.2 Å². The number of benzene rings is 2. The molecule has 1 aromatic heterocycles. The van der Waals surface area contributed by atoms with Crippen LogP contribution < -0.4 is 5.32 Å². The fourth-order valence-corrected chi connectivity index (χ4v) is 7.56. The van der Waals surface area contributed by atoms with E-state index >= 15 is 0 Å². The number of sulfonamides is 1. The number of nitrogens with zero attached hydrogens (tertiary/aromatic N) is 2. The highest BCUT2D eigenvalue weighted by Gasteiger charge is 2.26. The first-order valence-electron chi connectivity index (χ1n) is 11.4. The SMILES string of the molecule is CCSc1sc(NC(=O)c2ccc(S(=O)(=O)N3CCCCC3)cc2)nc1-c1cc(C)ccc1C. The first-order chi connectivity index (χ1) is 16.3. The lowest BCUT2D eigenvalue weighted by molar-refractivity contribution is 0.102. The van der Waals surface area contributed by atoms with Crippen molar-refractivity contribution in [1.82, 2.24) is 9.29 Å². The Labute approximate surface area is 209 Å². The highest BCUT2D eigenvalue weighted by atomic mass is 32.2. The van der Waals surface area contributed by atoms with Gasteiger partial charge in [-0.1, -0.05) is 42.4 Å². The lowest BCUT2D eigenvalue weighted by Gasteiger charge is -2.25. The third-order valence-corrected chi connectivity index (χ3v) is 9.84. The molecule has 1 saturated heterocycles. The number of thioether (sulfide) groups is 1. The van der Waals surface area contributed by atoms with E-state index in [4.69, 9.17) is 4.98 Å². The molecule has 6 nitrogen and oxygen atoms in total. The smallest absolute Gasteiger partial charge is 0.257 e.